The average molecular weight is 648 g/mol. The molecule has 0 spiro atoms. The Morgan fingerprint density at radius 1 is 1.07 bits per heavy atom. The number of ether oxygens (including phenoxy) is 1. The molecular weight excluding hydrogens is 610 g/mol. The summed E-state index contributed by atoms with van der Waals surface area (Å²) in [5.74, 6) is 0.344. The highest BCUT2D eigenvalue weighted by molar-refractivity contribution is 7.92. The molecule has 0 bridgehead atoms. The molecule has 3 aromatic rings. The van der Waals surface area contributed by atoms with Crippen LogP contribution in [0.15, 0.2) is 72.8 Å². The van der Waals surface area contributed by atoms with E-state index in [0.717, 1.165) is 11.8 Å². The quantitative estimate of drug-likeness (QED) is 0.168. The molecule has 1 unspecified atom stereocenters. The van der Waals surface area contributed by atoms with Gasteiger partial charge in [0.05, 0.1) is 23.0 Å². The molecule has 0 radical (unpaired) electrons. The molecule has 1 saturated heterocycles. The lowest BCUT2D eigenvalue weighted by Gasteiger charge is -2.30. The monoisotopic (exact) mass is 647 g/mol. The van der Waals surface area contributed by atoms with E-state index in [2.05, 4.69) is 10.0 Å². The number of urea groups is 1. The maximum atomic E-state index is 13.0. The van der Waals surface area contributed by atoms with E-state index in [9.17, 15) is 28.4 Å². The fourth-order valence-corrected chi connectivity index (χ4v) is 5.23. The van der Waals surface area contributed by atoms with Gasteiger partial charge in [-0.15, -0.1) is 12.4 Å². The number of aliphatic hydroxyl groups excluding tert-OH is 1. The number of hydrogen-bond acceptors (Lipinski definition) is 8. The zero-order valence-electron chi connectivity index (χ0n) is 24.8. The molecule has 1 atom stereocenters. The summed E-state index contributed by atoms with van der Waals surface area (Å²) in [7, 11) is -3.60. The first-order valence-electron chi connectivity index (χ1n) is 13.8. The predicted octanol–water partition coefficient (Wildman–Crippen LogP) is 4.70. The maximum absolute atomic E-state index is 13.0. The Bertz CT molecular complexity index is 1540. The number of rotatable bonds is 14. The Morgan fingerprint density at radius 2 is 1.75 bits per heavy atom. The van der Waals surface area contributed by atoms with Crippen LogP contribution in [0.4, 0.5) is 21.9 Å². The van der Waals surface area contributed by atoms with Crippen molar-refractivity contribution in [3.8, 4) is 5.75 Å². The normalized spacial score (nSPS) is 14.2. The fourth-order valence-electron chi connectivity index (χ4n) is 4.67. The first kappa shape index (κ1) is 34.6. The van der Waals surface area contributed by atoms with Crippen molar-refractivity contribution in [3.63, 3.8) is 0 Å². The highest BCUT2D eigenvalue weighted by Crippen LogP contribution is 2.30. The lowest BCUT2D eigenvalue weighted by molar-refractivity contribution is -0.384. The van der Waals surface area contributed by atoms with Crippen molar-refractivity contribution in [2.24, 2.45) is 0 Å². The number of nitrogens with zero attached hydrogens (tertiary/aromatic N) is 3. The summed E-state index contributed by atoms with van der Waals surface area (Å²) < 4.78 is 32.4. The standard InChI is InChI=1S/C30H37N5O7S.ClH/c1-30(2,15-16-33-17-18-34(29(33)37)24-10-12-25(13-11-24)35(38)39)31-20-27(36)23-9-14-28(26(19-23)32-43(3,40)41)42-21-22-7-5-4-6-8-22;/h4-14,19,27,31-32,36H,15-18,20-21H2,1-3H3;1H. The van der Waals surface area contributed by atoms with Gasteiger partial charge in [0.15, 0.2) is 0 Å². The van der Waals surface area contributed by atoms with E-state index >= 15 is 0 Å². The third kappa shape index (κ3) is 9.55. The summed E-state index contributed by atoms with van der Waals surface area (Å²) in [5.41, 5.74) is 1.82. The van der Waals surface area contributed by atoms with E-state index in [1.54, 1.807) is 40.1 Å². The molecule has 44 heavy (non-hydrogen) atoms. The molecule has 3 N–H and O–H groups in total. The predicted molar refractivity (Wildman–Crippen MR) is 172 cm³/mol. The molecule has 238 valence electrons. The number of nitrogens with one attached hydrogen (secondary N) is 2. The molecule has 0 aromatic heterocycles. The van der Waals surface area contributed by atoms with Crippen molar-refractivity contribution < 1.29 is 28.0 Å². The Morgan fingerprint density at radius 3 is 2.39 bits per heavy atom. The second kappa shape index (κ2) is 14.7. The number of nitro benzene ring substituents is 1. The molecule has 1 fully saturated rings. The van der Waals surface area contributed by atoms with Gasteiger partial charge in [-0.2, -0.15) is 0 Å². The number of anilines is 2. The van der Waals surface area contributed by atoms with Crippen LogP contribution in [0.2, 0.25) is 0 Å². The number of carbonyl (C=O) groups excluding carboxylic acids is 1. The number of halogens is 1. The van der Waals surface area contributed by atoms with Crippen LogP contribution in [-0.4, -0.2) is 67.4 Å². The minimum Gasteiger partial charge on any atom is -0.487 e. The Balaban J connectivity index is 0.00000529. The zero-order chi connectivity index (χ0) is 31.2. The minimum absolute atomic E-state index is 0. The lowest BCUT2D eigenvalue weighted by Crippen LogP contribution is -2.44. The Labute approximate surface area is 263 Å². The van der Waals surface area contributed by atoms with Gasteiger partial charge in [-0.1, -0.05) is 36.4 Å². The van der Waals surface area contributed by atoms with Crippen LogP contribution in [0.3, 0.4) is 0 Å². The number of hydrogen-bond donors (Lipinski definition) is 3. The average Bonchev–Trinajstić information content (AvgIpc) is 3.34. The van der Waals surface area contributed by atoms with Crippen LogP contribution >= 0.6 is 12.4 Å². The number of non-ortho nitro benzene ring substituents is 1. The van der Waals surface area contributed by atoms with Gasteiger partial charge in [0.25, 0.3) is 5.69 Å². The number of carbonyl (C=O) groups is 1. The van der Waals surface area contributed by atoms with Gasteiger partial charge in [-0.3, -0.25) is 19.7 Å². The minimum atomic E-state index is -3.60. The molecule has 14 heteroatoms. The molecular formula is C30H38ClN5O7S. The van der Waals surface area contributed by atoms with E-state index in [-0.39, 0.29) is 43.0 Å². The van der Waals surface area contributed by atoms with Crippen LogP contribution in [-0.2, 0) is 16.6 Å². The third-order valence-corrected chi connectivity index (χ3v) is 7.76. The van der Waals surface area contributed by atoms with Gasteiger partial charge in [0, 0.05) is 49.5 Å². The highest BCUT2D eigenvalue weighted by Gasteiger charge is 2.31. The SMILES string of the molecule is CC(C)(CCN1CCN(c2ccc([N+](=O)[O-])cc2)C1=O)NCC(O)c1ccc(OCc2ccccc2)c(NS(C)(=O)=O)c1.Cl. The van der Waals surface area contributed by atoms with Crippen molar-refractivity contribution in [2.45, 2.75) is 38.5 Å². The molecule has 3 aromatic carbocycles. The summed E-state index contributed by atoms with van der Waals surface area (Å²) in [6.45, 7) is 5.90. The van der Waals surface area contributed by atoms with Gasteiger partial charge in [-0.05, 0) is 55.7 Å². The van der Waals surface area contributed by atoms with Crippen molar-refractivity contribution in [3.05, 3.63) is 94.0 Å². The zero-order valence-corrected chi connectivity index (χ0v) is 26.4. The van der Waals surface area contributed by atoms with Crippen LogP contribution in [0.1, 0.15) is 37.5 Å². The van der Waals surface area contributed by atoms with Crippen molar-refractivity contribution in [1.82, 2.24) is 10.2 Å². The summed E-state index contributed by atoms with van der Waals surface area (Å²) in [6.07, 6.45) is 0.720. The topological polar surface area (TPSA) is 154 Å². The number of amides is 2. The second-order valence-electron chi connectivity index (χ2n) is 11.1. The smallest absolute Gasteiger partial charge is 0.324 e. The second-order valence-corrected chi connectivity index (χ2v) is 12.9. The summed E-state index contributed by atoms with van der Waals surface area (Å²) in [5, 5.41) is 25.2. The van der Waals surface area contributed by atoms with E-state index < -0.39 is 26.6 Å². The fraction of sp³-hybridized carbons (Fsp3) is 0.367. The maximum Gasteiger partial charge on any atom is 0.324 e. The number of sulfonamides is 1. The van der Waals surface area contributed by atoms with Crippen LogP contribution in [0.25, 0.3) is 0 Å². The van der Waals surface area contributed by atoms with Gasteiger partial charge in [0.2, 0.25) is 10.0 Å². The highest BCUT2D eigenvalue weighted by atomic mass is 35.5. The molecule has 2 amide bonds. The summed E-state index contributed by atoms with van der Waals surface area (Å²) in [6, 6.07) is 20.1. The van der Waals surface area contributed by atoms with E-state index in [0.29, 0.717) is 43.1 Å². The lowest BCUT2D eigenvalue weighted by atomic mass is 9.99. The third-order valence-electron chi connectivity index (χ3n) is 7.17. The molecule has 1 aliphatic heterocycles. The molecule has 1 aliphatic rings. The molecule has 0 aliphatic carbocycles. The number of β-amino-alcohol motifs (C(OH)–C–C–N with tert-alkyl or cyclic N) is 1. The van der Waals surface area contributed by atoms with Gasteiger partial charge >= 0.3 is 6.03 Å². The molecule has 12 nitrogen and oxygen atoms in total. The first-order chi connectivity index (χ1) is 20.3. The van der Waals surface area contributed by atoms with Crippen LogP contribution in [0.5, 0.6) is 5.75 Å². The number of benzene rings is 3. The van der Waals surface area contributed by atoms with Gasteiger partial charge in [-0.25, -0.2) is 13.2 Å². The Kier molecular flexibility index (Phi) is 11.6. The first-order valence-corrected chi connectivity index (χ1v) is 15.7. The van der Waals surface area contributed by atoms with Crippen molar-refractivity contribution >= 4 is 45.5 Å². The Hall–Kier alpha value is -3.91. The van der Waals surface area contributed by atoms with E-state index in [1.165, 1.54) is 12.1 Å². The van der Waals surface area contributed by atoms with Gasteiger partial charge < -0.3 is 20.1 Å². The van der Waals surface area contributed by atoms with E-state index in [1.807, 2.05) is 44.2 Å². The number of nitro groups is 1. The van der Waals surface area contributed by atoms with Crippen molar-refractivity contribution in [1.29, 1.82) is 0 Å². The molecule has 4 rings (SSSR count). The van der Waals surface area contributed by atoms with Crippen LogP contribution < -0.4 is 19.7 Å². The van der Waals surface area contributed by atoms with Gasteiger partial charge in [0.1, 0.15) is 12.4 Å². The summed E-state index contributed by atoms with van der Waals surface area (Å²) in [4.78, 5) is 26.8. The van der Waals surface area contributed by atoms with Crippen LogP contribution in [0, 0.1) is 10.1 Å². The van der Waals surface area contributed by atoms with Crippen molar-refractivity contribution in [2.75, 3.05) is 42.1 Å². The molecule has 0 saturated carbocycles. The van der Waals surface area contributed by atoms with E-state index in [4.69, 9.17) is 4.74 Å². The summed E-state index contributed by atoms with van der Waals surface area (Å²) >= 11 is 0. The molecule has 1 heterocycles. The largest absolute Gasteiger partial charge is 0.487 e. The number of aliphatic hydroxyl groups is 1.